The van der Waals surface area contributed by atoms with Crippen molar-refractivity contribution in [2.75, 3.05) is 29.6 Å². The van der Waals surface area contributed by atoms with Gasteiger partial charge in [-0.2, -0.15) is 0 Å². The van der Waals surface area contributed by atoms with E-state index in [0.717, 1.165) is 51.7 Å². The number of cyclic esters (lactones) is 1. The van der Waals surface area contributed by atoms with E-state index in [-0.39, 0.29) is 5.97 Å². The molecule has 1 aliphatic rings. The average molecular weight is 510 g/mol. The number of aryl methyl sites for hydroxylation is 1. The maximum atomic E-state index is 13.2. The molecule has 0 aliphatic carbocycles. The van der Waals surface area contributed by atoms with Gasteiger partial charge in [-0.3, -0.25) is 4.98 Å². The molecule has 5 rings (SSSR count). The number of anilines is 3. The Morgan fingerprint density at radius 3 is 2.35 bits per heavy atom. The highest BCUT2D eigenvalue weighted by molar-refractivity contribution is 7.98. The monoisotopic (exact) mass is 509 g/mol. The van der Waals surface area contributed by atoms with Crippen LogP contribution in [-0.2, 0) is 10.3 Å². The summed E-state index contributed by atoms with van der Waals surface area (Å²) in [4.78, 5) is 20.9. The van der Waals surface area contributed by atoms with Crippen molar-refractivity contribution in [3.8, 4) is 0 Å². The van der Waals surface area contributed by atoms with Crippen molar-refractivity contribution in [1.82, 2.24) is 4.98 Å². The Labute approximate surface area is 222 Å². The molecule has 1 aromatic heterocycles. The molecule has 1 aliphatic heterocycles. The number of carbonyl (C=O) groups excluding carboxylic acids is 1. The van der Waals surface area contributed by atoms with E-state index in [9.17, 15) is 4.79 Å². The molecule has 1 unspecified atom stereocenters. The Morgan fingerprint density at radius 1 is 0.946 bits per heavy atom. The lowest BCUT2D eigenvalue weighted by Crippen LogP contribution is -2.31. The molecule has 1 N–H and O–H groups in total. The highest BCUT2D eigenvalue weighted by Crippen LogP contribution is 2.51. The van der Waals surface area contributed by atoms with Gasteiger partial charge in [0.1, 0.15) is 0 Å². The number of fused-ring (bicyclic) bond motifs is 1. The molecule has 37 heavy (non-hydrogen) atoms. The number of ether oxygens (including phenoxy) is 1. The van der Waals surface area contributed by atoms with Crippen LogP contribution in [0, 0.1) is 6.92 Å². The highest BCUT2D eigenvalue weighted by atomic mass is 32.2. The smallest absolute Gasteiger partial charge is 0.340 e. The minimum atomic E-state index is -1.11. The first-order valence-electron chi connectivity index (χ1n) is 12.6. The maximum Gasteiger partial charge on any atom is 0.340 e. The van der Waals surface area contributed by atoms with Crippen molar-refractivity contribution >= 4 is 34.8 Å². The quantitative estimate of drug-likeness (QED) is 0.201. The number of rotatable bonds is 8. The van der Waals surface area contributed by atoms with Crippen LogP contribution >= 0.6 is 11.8 Å². The zero-order chi connectivity index (χ0) is 26.0. The van der Waals surface area contributed by atoms with E-state index in [0.29, 0.717) is 5.56 Å². The fraction of sp³-hybridized carbons (Fsp3) is 0.226. The predicted molar refractivity (Wildman–Crippen MR) is 152 cm³/mol. The van der Waals surface area contributed by atoms with E-state index in [1.165, 1.54) is 5.56 Å². The largest absolute Gasteiger partial charge is 0.440 e. The summed E-state index contributed by atoms with van der Waals surface area (Å²) < 4.78 is 6.37. The average Bonchev–Trinajstić information content (AvgIpc) is 3.24. The first-order valence-corrected chi connectivity index (χ1v) is 13.8. The van der Waals surface area contributed by atoms with Gasteiger partial charge in [0.15, 0.2) is 5.60 Å². The number of pyridine rings is 1. The van der Waals surface area contributed by atoms with Gasteiger partial charge >= 0.3 is 5.97 Å². The number of carbonyl (C=O) groups is 1. The summed E-state index contributed by atoms with van der Waals surface area (Å²) in [6, 6.07) is 24.6. The number of thioether (sulfide) groups is 1. The number of nitrogens with one attached hydrogen (secondary N) is 1. The maximum absolute atomic E-state index is 13.2. The molecular formula is C31H31N3O2S. The number of benzene rings is 3. The fourth-order valence-corrected chi connectivity index (χ4v) is 5.86. The lowest BCUT2D eigenvalue weighted by atomic mass is 9.80. The fourth-order valence-electron chi connectivity index (χ4n) is 5.09. The Kier molecular flexibility index (Phi) is 6.94. The van der Waals surface area contributed by atoms with Crippen molar-refractivity contribution in [2.24, 2.45) is 0 Å². The number of hydrogen-bond acceptors (Lipinski definition) is 6. The Balaban J connectivity index is 1.70. The summed E-state index contributed by atoms with van der Waals surface area (Å²) in [6.07, 6.45) is 5.46. The molecule has 0 saturated heterocycles. The Morgan fingerprint density at radius 2 is 1.68 bits per heavy atom. The molecule has 188 valence electrons. The number of hydrogen-bond donors (Lipinski definition) is 1. The SMILES string of the molecule is CCN(CC)c1ccc(C2(c3cccc(Nc4ccc(C)cc4)c3SC)OC(=O)c3ccncc32)cc1. The van der Waals surface area contributed by atoms with Crippen LogP contribution in [0.4, 0.5) is 17.1 Å². The van der Waals surface area contributed by atoms with Crippen molar-refractivity contribution in [2.45, 2.75) is 31.3 Å². The molecule has 2 heterocycles. The van der Waals surface area contributed by atoms with Crippen LogP contribution in [0.25, 0.3) is 0 Å². The van der Waals surface area contributed by atoms with Crippen LogP contribution in [-0.4, -0.2) is 30.3 Å². The van der Waals surface area contributed by atoms with Crippen molar-refractivity contribution in [3.05, 3.63) is 113 Å². The lowest BCUT2D eigenvalue weighted by Gasteiger charge is -2.33. The molecule has 0 bridgehead atoms. The van der Waals surface area contributed by atoms with Crippen LogP contribution in [0.5, 0.6) is 0 Å². The van der Waals surface area contributed by atoms with Crippen molar-refractivity contribution in [1.29, 1.82) is 0 Å². The third kappa shape index (κ3) is 4.36. The highest BCUT2D eigenvalue weighted by Gasteiger charge is 2.50. The molecule has 0 saturated carbocycles. The van der Waals surface area contributed by atoms with Crippen LogP contribution in [0.3, 0.4) is 0 Å². The second-order valence-electron chi connectivity index (χ2n) is 9.09. The first kappa shape index (κ1) is 24.9. The zero-order valence-electron chi connectivity index (χ0n) is 21.6. The topological polar surface area (TPSA) is 54.5 Å². The van der Waals surface area contributed by atoms with E-state index in [1.807, 2.05) is 6.07 Å². The third-order valence-corrected chi connectivity index (χ3v) is 7.85. The minimum Gasteiger partial charge on any atom is -0.440 e. The third-order valence-electron chi connectivity index (χ3n) is 7.00. The molecule has 0 fully saturated rings. The molecule has 0 radical (unpaired) electrons. The van der Waals surface area contributed by atoms with Gasteiger partial charge in [0, 0.05) is 58.4 Å². The van der Waals surface area contributed by atoms with Gasteiger partial charge in [0.25, 0.3) is 0 Å². The minimum absolute atomic E-state index is 0.339. The molecular weight excluding hydrogens is 478 g/mol. The van der Waals surface area contributed by atoms with Gasteiger partial charge in [-0.25, -0.2) is 4.79 Å². The van der Waals surface area contributed by atoms with Gasteiger partial charge in [-0.05, 0) is 63.4 Å². The summed E-state index contributed by atoms with van der Waals surface area (Å²) in [5, 5.41) is 3.57. The summed E-state index contributed by atoms with van der Waals surface area (Å²) in [5.74, 6) is -0.339. The van der Waals surface area contributed by atoms with E-state index in [1.54, 1.807) is 30.2 Å². The predicted octanol–water partition coefficient (Wildman–Crippen LogP) is 7.16. The van der Waals surface area contributed by atoms with E-state index < -0.39 is 5.60 Å². The normalized spacial score (nSPS) is 16.3. The second kappa shape index (κ2) is 10.3. The molecule has 3 aromatic carbocycles. The lowest BCUT2D eigenvalue weighted by molar-refractivity contribution is 0.0244. The summed E-state index contributed by atoms with van der Waals surface area (Å²) in [7, 11) is 0. The van der Waals surface area contributed by atoms with Gasteiger partial charge in [0.2, 0.25) is 0 Å². The van der Waals surface area contributed by atoms with Gasteiger partial charge in [-0.15, -0.1) is 11.8 Å². The molecule has 5 nitrogen and oxygen atoms in total. The summed E-state index contributed by atoms with van der Waals surface area (Å²) in [5.41, 5.74) is 6.32. The van der Waals surface area contributed by atoms with Crippen LogP contribution in [0.2, 0.25) is 0 Å². The first-order chi connectivity index (χ1) is 18.0. The summed E-state index contributed by atoms with van der Waals surface area (Å²) in [6.45, 7) is 8.22. The Hall–Kier alpha value is -3.77. The van der Waals surface area contributed by atoms with Crippen molar-refractivity contribution in [3.63, 3.8) is 0 Å². The van der Waals surface area contributed by atoms with Crippen LogP contribution in [0.1, 0.15) is 46.5 Å². The van der Waals surface area contributed by atoms with Gasteiger partial charge in [0.05, 0.1) is 11.3 Å². The van der Waals surface area contributed by atoms with E-state index >= 15 is 0 Å². The Bertz CT molecular complexity index is 1420. The molecule has 4 aromatic rings. The number of aromatic nitrogens is 1. The number of nitrogens with zero attached hydrogens (tertiary/aromatic N) is 2. The standard InChI is InChI=1S/C31H31N3O2S/c1-5-34(6-2)24-16-12-22(13-17-24)31(27-20-32-19-18-25(27)30(35)36-31)26-8-7-9-28(29(26)37-4)33-23-14-10-21(3)11-15-23/h7-20,33H,5-6H2,1-4H3. The van der Waals surface area contributed by atoms with E-state index in [4.69, 9.17) is 4.74 Å². The van der Waals surface area contributed by atoms with E-state index in [2.05, 4.69) is 103 Å². The van der Waals surface area contributed by atoms with Crippen LogP contribution in [0.15, 0.2) is 90.1 Å². The zero-order valence-corrected chi connectivity index (χ0v) is 22.4. The van der Waals surface area contributed by atoms with Crippen LogP contribution < -0.4 is 10.2 Å². The molecule has 0 spiro atoms. The molecule has 0 amide bonds. The van der Waals surface area contributed by atoms with Crippen molar-refractivity contribution < 1.29 is 9.53 Å². The molecule has 6 heteroatoms. The molecule has 1 atom stereocenters. The second-order valence-corrected chi connectivity index (χ2v) is 9.91. The van der Waals surface area contributed by atoms with Gasteiger partial charge in [-0.1, -0.05) is 42.0 Å². The van der Waals surface area contributed by atoms with Gasteiger partial charge < -0.3 is 15.0 Å². The number of esters is 1. The summed E-state index contributed by atoms with van der Waals surface area (Å²) >= 11 is 1.63.